The Labute approximate surface area is 74.9 Å². The van der Waals surface area contributed by atoms with Crippen molar-refractivity contribution in [3.63, 3.8) is 0 Å². The van der Waals surface area contributed by atoms with Crippen molar-refractivity contribution < 1.29 is 4.84 Å². The number of hydroxylamine groups is 1. The first-order chi connectivity index (χ1) is 5.79. The predicted molar refractivity (Wildman–Crippen MR) is 50.7 cm³/mol. The second-order valence-corrected chi connectivity index (χ2v) is 3.79. The van der Waals surface area contributed by atoms with Gasteiger partial charge in [0.1, 0.15) is 0 Å². The van der Waals surface area contributed by atoms with E-state index in [4.69, 9.17) is 4.84 Å². The second-order valence-electron chi connectivity index (χ2n) is 3.79. The van der Waals surface area contributed by atoms with Crippen LogP contribution in [0.5, 0.6) is 0 Å². The molecule has 0 bridgehead atoms. The summed E-state index contributed by atoms with van der Waals surface area (Å²) in [6.07, 6.45) is 8.12. The van der Waals surface area contributed by atoms with Crippen molar-refractivity contribution in [1.29, 1.82) is 0 Å². The molecule has 0 amide bonds. The zero-order valence-electron chi connectivity index (χ0n) is 8.05. The molecule has 12 heavy (non-hydrogen) atoms. The van der Waals surface area contributed by atoms with Gasteiger partial charge in [-0.15, -0.1) is 0 Å². The molecule has 0 saturated carbocycles. The van der Waals surface area contributed by atoms with Crippen LogP contribution in [-0.4, -0.2) is 12.6 Å². The van der Waals surface area contributed by atoms with Gasteiger partial charge >= 0.3 is 0 Å². The van der Waals surface area contributed by atoms with Gasteiger partial charge in [0.05, 0.1) is 12.6 Å². The normalized spacial score (nSPS) is 23.4. The maximum atomic E-state index is 5.33. The fraction of sp³-hybridized carbons (Fsp3) is 0.800. The molecule has 1 atom stereocenters. The van der Waals surface area contributed by atoms with Crippen LogP contribution in [0.1, 0.15) is 33.1 Å². The summed E-state index contributed by atoms with van der Waals surface area (Å²) < 4.78 is 0. The highest BCUT2D eigenvalue weighted by molar-refractivity contribution is 4.95. The zero-order valence-corrected chi connectivity index (χ0v) is 8.05. The summed E-state index contributed by atoms with van der Waals surface area (Å²) in [4.78, 5) is 5.33. The molecule has 70 valence electrons. The Morgan fingerprint density at radius 1 is 1.58 bits per heavy atom. The van der Waals surface area contributed by atoms with Crippen LogP contribution in [-0.2, 0) is 4.84 Å². The molecule has 0 aromatic carbocycles. The molecule has 0 radical (unpaired) electrons. The standard InChI is InChI=1S/C10H19NO/c1-9(2)8-12-11-10-6-4-3-5-7-10/h4,6,9-11H,3,5,7-8H2,1-2H3. The summed E-state index contributed by atoms with van der Waals surface area (Å²) in [6, 6.07) is 0.442. The number of rotatable bonds is 4. The molecule has 2 heteroatoms. The van der Waals surface area contributed by atoms with Crippen LogP contribution >= 0.6 is 0 Å². The largest absolute Gasteiger partial charge is 0.301 e. The highest BCUT2D eigenvalue weighted by Crippen LogP contribution is 2.09. The molecule has 1 aliphatic carbocycles. The van der Waals surface area contributed by atoms with Crippen molar-refractivity contribution in [3.05, 3.63) is 12.2 Å². The van der Waals surface area contributed by atoms with Crippen molar-refractivity contribution in [2.24, 2.45) is 5.92 Å². The van der Waals surface area contributed by atoms with E-state index in [1.165, 1.54) is 19.3 Å². The van der Waals surface area contributed by atoms with E-state index in [-0.39, 0.29) is 0 Å². The molecule has 0 aromatic rings. The molecule has 0 spiro atoms. The van der Waals surface area contributed by atoms with E-state index in [2.05, 4.69) is 31.5 Å². The summed E-state index contributed by atoms with van der Waals surface area (Å²) in [5.41, 5.74) is 3.07. The van der Waals surface area contributed by atoms with Gasteiger partial charge in [0.25, 0.3) is 0 Å². The van der Waals surface area contributed by atoms with Gasteiger partial charge in [0, 0.05) is 0 Å². The Morgan fingerprint density at radius 3 is 3.00 bits per heavy atom. The van der Waals surface area contributed by atoms with Crippen LogP contribution in [0.2, 0.25) is 0 Å². The lowest BCUT2D eigenvalue weighted by molar-refractivity contribution is 0.00775. The lowest BCUT2D eigenvalue weighted by Gasteiger charge is -2.18. The minimum atomic E-state index is 0.442. The summed E-state index contributed by atoms with van der Waals surface area (Å²) in [6.45, 7) is 5.10. The van der Waals surface area contributed by atoms with Crippen molar-refractivity contribution in [3.8, 4) is 0 Å². The molecule has 1 N–H and O–H groups in total. The van der Waals surface area contributed by atoms with Crippen LogP contribution in [0.15, 0.2) is 12.2 Å². The third-order valence-corrected chi connectivity index (χ3v) is 1.91. The highest BCUT2D eigenvalue weighted by atomic mass is 16.6. The first-order valence-electron chi connectivity index (χ1n) is 4.83. The Bertz CT molecular complexity index is 143. The van der Waals surface area contributed by atoms with Gasteiger partial charge in [-0.25, -0.2) is 0 Å². The Kier molecular flexibility index (Phi) is 4.33. The molecular formula is C10H19NO. The zero-order chi connectivity index (χ0) is 8.81. The van der Waals surface area contributed by atoms with E-state index >= 15 is 0 Å². The van der Waals surface area contributed by atoms with E-state index < -0.39 is 0 Å². The Balaban J connectivity index is 2.06. The van der Waals surface area contributed by atoms with Gasteiger partial charge < -0.3 is 4.84 Å². The third kappa shape index (κ3) is 3.88. The maximum absolute atomic E-state index is 5.33. The molecule has 0 saturated heterocycles. The Hall–Kier alpha value is -0.340. The molecule has 0 aliphatic heterocycles. The Morgan fingerprint density at radius 2 is 2.42 bits per heavy atom. The fourth-order valence-electron chi connectivity index (χ4n) is 1.23. The van der Waals surface area contributed by atoms with Gasteiger partial charge in [-0.2, -0.15) is 5.48 Å². The van der Waals surface area contributed by atoms with E-state index in [1.54, 1.807) is 0 Å². The van der Waals surface area contributed by atoms with E-state index in [0.717, 1.165) is 6.61 Å². The number of hydrogen-bond acceptors (Lipinski definition) is 2. The van der Waals surface area contributed by atoms with Gasteiger partial charge in [0.15, 0.2) is 0 Å². The second kappa shape index (κ2) is 5.33. The molecular weight excluding hydrogens is 150 g/mol. The third-order valence-electron chi connectivity index (χ3n) is 1.91. The molecule has 1 rings (SSSR count). The summed E-state index contributed by atoms with van der Waals surface area (Å²) in [5, 5.41) is 0. The minimum absolute atomic E-state index is 0.442. The van der Waals surface area contributed by atoms with E-state index in [0.29, 0.717) is 12.0 Å². The average molecular weight is 169 g/mol. The molecule has 1 unspecified atom stereocenters. The van der Waals surface area contributed by atoms with Gasteiger partial charge in [-0.3, -0.25) is 0 Å². The van der Waals surface area contributed by atoms with Gasteiger partial charge in [-0.1, -0.05) is 26.0 Å². The number of hydrogen-bond donors (Lipinski definition) is 1. The number of nitrogens with one attached hydrogen (secondary N) is 1. The van der Waals surface area contributed by atoms with Crippen LogP contribution < -0.4 is 5.48 Å². The molecule has 2 nitrogen and oxygen atoms in total. The van der Waals surface area contributed by atoms with E-state index in [1.807, 2.05) is 0 Å². The van der Waals surface area contributed by atoms with Gasteiger partial charge in [0.2, 0.25) is 0 Å². The van der Waals surface area contributed by atoms with Crippen molar-refractivity contribution in [2.45, 2.75) is 39.2 Å². The lowest BCUT2D eigenvalue weighted by atomic mass is 10.0. The smallest absolute Gasteiger partial charge is 0.0705 e. The molecule has 0 heterocycles. The summed E-state index contributed by atoms with van der Waals surface area (Å²) in [7, 11) is 0. The molecule has 0 aromatic heterocycles. The maximum Gasteiger partial charge on any atom is 0.0705 e. The monoisotopic (exact) mass is 169 g/mol. The first-order valence-corrected chi connectivity index (χ1v) is 4.83. The van der Waals surface area contributed by atoms with Crippen molar-refractivity contribution in [1.82, 2.24) is 5.48 Å². The highest BCUT2D eigenvalue weighted by Gasteiger charge is 2.07. The van der Waals surface area contributed by atoms with Crippen molar-refractivity contribution in [2.75, 3.05) is 6.61 Å². The lowest BCUT2D eigenvalue weighted by Crippen LogP contribution is -2.29. The number of allylic oxidation sites excluding steroid dienone is 1. The molecule has 1 aliphatic rings. The quantitative estimate of drug-likeness (QED) is 0.515. The van der Waals surface area contributed by atoms with Crippen molar-refractivity contribution >= 4 is 0 Å². The van der Waals surface area contributed by atoms with Crippen LogP contribution in [0.3, 0.4) is 0 Å². The van der Waals surface area contributed by atoms with Gasteiger partial charge in [-0.05, 0) is 25.2 Å². The summed E-state index contributed by atoms with van der Waals surface area (Å²) >= 11 is 0. The minimum Gasteiger partial charge on any atom is -0.301 e. The summed E-state index contributed by atoms with van der Waals surface area (Å²) in [5.74, 6) is 0.602. The topological polar surface area (TPSA) is 21.3 Å². The molecule has 0 fully saturated rings. The first kappa shape index (κ1) is 9.75. The van der Waals surface area contributed by atoms with E-state index in [9.17, 15) is 0 Å². The van der Waals surface area contributed by atoms with Crippen LogP contribution in [0.4, 0.5) is 0 Å². The van der Waals surface area contributed by atoms with Crippen LogP contribution in [0, 0.1) is 5.92 Å². The average Bonchev–Trinajstić information content (AvgIpc) is 2.05. The SMILES string of the molecule is CC(C)CONC1C=CCCC1. The van der Waals surface area contributed by atoms with Crippen LogP contribution in [0.25, 0.3) is 0 Å². The predicted octanol–water partition coefficient (Wildman–Crippen LogP) is 2.27. The fourth-order valence-corrected chi connectivity index (χ4v) is 1.23.